The van der Waals surface area contributed by atoms with Gasteiger partial charge in [-0.1, -0.05) is 22.9 Å². The molecule has 0 spiro atoms. The quantitative estimate of drug-likeness (QED) is 0.742. The number of aliphatic hydroxyl groups excluding tert-OH is 2. The molecule has 4 nitrogen and oxygen atoms in total. The predicted octanol–water partition coefficient (Wildman–Crippen LogP) is 1.61. The number of benzene rings is 1. The van der Waals surface area contributed by atoms with Gasteiger partial charge in [0.2, 0.25) is 0 Å². The lowest BCUT2D eigenvalue weighted by atomic mass is 9.97. The van der Waals surface area contributed by atoms with E-state index in [4.69, 9.17) is 4.74 Å². The van der Waals surface area contributed by atoms with Gasteiger partial charge in [0.15, 0.2) is 0 Å². The van der Waals surface area contributed by atoms with Gasteiger partial charge in [-0.15, -0.1) is 0 Å². The highest BCUT2D eigenvalue weighted by molar-refractivity contribution is 9.10. The van der Waals surface area contributed by atoms with Gasteiger partial charge >= 0.3 is 0 Å². The van der Waals surface area contributed by atoms with Crippen molar-refractivity contribution < 1.29 is 14.9 Å². The molecule has 1 aliphatic rings. The lowest BCUT2D eigenvalue weighted by molar-refractivity contribution is 0.0862. The standard InChI is InChI=1S/C14H20BrNO3/c1-2-14(8-17,9-18)16-7-11-6-12(15)5-10-3-4-19-13(10)11/h5-6,16-18H,2-4,7-9H2,1H3. The third-order valence-corrected chi connectivity index (χ3v) is 4.22. The van der Waals surface area contributed by atoms with E-state index < -0.39 is 5.54 Å². The molecular formula is C14H20BrNO3. The molecule has 0 aromatic heterocycles. The van der Waals surface area contributed by atoms with Crippen molar-refractivity contribution in [2.24, 2.45) is 0 Å². The molecule has 0 aliphatic carbocycles. The number of rotatable bonds is 6. The number of fused-ring (bicyclic) bond motifs is 1. The zero-order chi connectivity index (χ0) is 13.9. The van der Waals surface area contributed by atoms with Gasteiger partial charge in [-0.25, -0.2) is 0 Å². The van der Waals surface area contributed by atoms with Crippen LogP contribution in [0.3, 0.4) is 0 Å². The monoisotopic (exact) mass is 329 g/mol. The van der Waals surface area contributed by atoms with Gasteiger partial charge < -0.3 is 20.3 Å². The highest BCUT2D eigenvalue weighted by atomic mass is 79.9. The zero-order valence-electron chi connectivity index (χ0n) is 11.1. The number of hydrogen-bond acceptors (Lipinski definition) is 4. The Balaban J connectivity index is 2.16. The van der Waals surface area contributed by atoms with Gasteiger partial charge in [0.05, 0.1) is 25.4 Å². The molecular weight excluding hydrogens is 310 g/mol. The Hall–Kier alpha value is -0.620. The Labute approximate surface area is 121 Å². The minimum Gasteiger partial charge on any atom is -0.493 e. The summed E-state index contributed by atoms with van der Waals surface area (Å²) in [4.78, 5) is 0. The van der Waals surface area contributed by atoms with Crippen molar-refractivity contribution in [1.29, 1.82) is 0 Å². The zero-order valence-corrected chi connectivity index (χ0v) is 12.7. The number of halogens is 1. The third-order valence-electron chi connectivity index (χ3n) is 3.76. The van der Waals surface area contributed by atoms with Gasteiger partial charge in [-0.3, -0.25) is 0 Å². The average molecular weight is 330 g/mol. The number of nitrogens with one attached hydrogen (secondary N) is 1. The van der Waals surface area contributed by atoms with Crippen LogP contribution in [0.1, 0.15) is 24.5 Å². The van der Waals surface area contributed by atoms with Gasteiger partial charge in [0.1, 0.15) is 5.75 Å². The summed E-state index contributed by atoms with van der Waals surface area (Å²) >= 11 is 3.51. The largest absolute Gasteiger partial charge is 0.493 e. The van der Waals surface area contributed by atoms with E-state index in [2.05, 4.69) is 27.3 Å². The maximum Gasteiger partial charge on any atom is 0.127 e. The molecule has 0 saturated heterocycles. The summed E-state index contributed by atoms with van der Waals surface area (Å²) in [5.74, 6) is 0.941. The van der Waals surface area contributed by atoms with Gasteiger partial charge in [-0.05, 0) is 24.1 Å². The Kier molecular flexibility index (Phi) is 4.84. The summed E-state index contributed by atoms with van der Waals surface area (Å²) in [5, 5.41) is 22.1. The minimum atomic E-state index is -0.631. The molecule has 0 radical (unpaired) electrons. The lowest BCUT2D eigenvalue weighted by Crippen LogP contribution is -2.50. The van der Waals surface area contributed by atoms with Crippen LogP contribution in [0.2, 0.25) is 0 Å². The molecule has 1 aromatic rings. The summed E-state index contributed by atoms with van der Waals surface area (Å²) in [6, 6.07) is 4.10. The molecule has 0 amide bonds. The first-order chi connectivity index (χ1) is 9.14. The summed E-state index contributed by atoms with van der Waals surface area (Å²) in [6.07, 6.45) is 1.59. The molecule has 0 bridgehead atoms. The highest BCUT2D eigenvalue weighted by Crippen LogP contribution is 2.33. The van der Waals surface area contributed by atoms with E-state index in [-0.39, 0.29) is 13.2 Å². The molecule has 0 fully saturated rings. The second-order valence-corrected chi connectivity index (χ2v) is 5.87. The third kappa shape index (κ3) is 3.11. The highest BCUT2D eigenvalue weighted by Gasteiger charge is 2.27. The van der Waals surface area contributed by atoms with E-state index in [9.17, 15) is 10.2 Å². The SMILES string of the molecule is CCC(CO)(CO)NCc1cc(Br)cc2c1OCC2. The summed E-state index contributed by atoms with van der Waals surface area (Å²) in [5.41, 5.74) is 1.64. The molecule has 3 N–H and O–H groups in total. The van der Waals surface area contributed by atoms with Crippen LogP contribution in [0.4, 0.5) is 0 Å². The Morgan fingerprint density at radius 2 is 2.11 bits per heavy atom. The van der Waals surface area contributed by atoms with E-state index in [0.717, 1.165) is 28.8 Å². The van der Waals surface area contributed by atoms with Crippen LogP contribution in [0.15, 0.2) is 16.6 Å². The number of aliphatic hydroxyl groups is 2. The van der Waals surface area contributed by atoms with E-state index >= 15 is 0 Å². The van der Waals surface area contributed by atoms with Crippen LogP contribution in [0, 0.1) is 0 Å². The summed E-state index contributed by atoms with van der Waals surface area (Å²) in [7, 11) is 0. The van der Waals surface area contributed by atoms with Crippen molar-refractivity contribution in [3.05, 3.63) is 27.7 Å². The van der Waals surface area contributed by atoms with Crippen LogP contribution in [-0.4, -0.2) is 35.6 Å². The van der Waals surface area contributed by atoms with Crippen molar-refractivity contribution in [1.82, 2.24) is 5.32 Å². The first kappa shape index (κ1) is 14.8. The van der Waals surface area contributed by atoms with Gasteiger partial charge in [0.25, 0.3) is 0 Å². The maximum absolute atomic E-state index is 9.44. The van der Waals surface area contributed by atoms with Crippen LogP contribution in [-0.2, 0) is 13.0 Å². The van der Waals surface area contributed by atoms with E-state index in [1.807, 2.05) is 13.0 Å². The molecule has 1 heterocycles. The fraction of sp³-hybridized carbons (Fsp3) is 0.571. The van der Waals surface area contributed by atoms with E-state index in [0.29, 0.717) is 13.0 Å². The molecule has 0 saturated carbocycles. The van der Waals surface area contributed by atoms with E-state index in [1.54, 1.807) is 0 Å². The smallest absolute Gasteiger partial charge is 0.127 e. The predicted molar refractivity (Wildman–Crippen MR) is 77.4 cm³/mol. The fourth-order valence-electron chi connectivity index (χ4n) is 2.27. The molecule has 2 rings (SSSR count). The normalized spacial score (nSPS) is 14.3. The first-order valence-corrected chi connectivity index (χ1v) is 7.34. The fourth-order valence-corrected chi connectivity index (χ4v) is 2.82. The molecule has 5 heteroatoms. The molecule has 1 aromatic carbocycles. The van der Waals surface area contributed by atoms with E-state index in [1.165, 1.54) is 5.56 Å². The first-order valence-electron chi connectivity index (χ1n) is 6.55. The molecule has 19 heavy (non-hydrogen) atoms. The van der Waals surface area contributed by atoms with Crippen LogP contribution in [0.5, 0.6) is 5.75 Å². The van der Waals surface area contributed by atoms with Gasteiger partial charge in [-0.2, -0.15) is 0 Å². The molecule has 0 atom stereocenters. The second kappa shape index (κ2) is 6.22. The van der Waals surface area contributed by atoms with Crippen molar-refractivity contribution in [3.8, 4) is 5.75 Å². The van der Waals surface area contributed by atoms with Gasteiger partial charge in [0, 0.05) is 23.0 Å². The van der Waals surface area contributed by atoms with Crippen LogP contribution in [0.25, 0.3) is 0 Å². The van der Waals surface area contributed by atoms with Crippen molar-refractivity contribution in [2.45, 2.75) is 31.8 Å². The average Bonchev–Trinajstić information content (AvgIpc) is 2.88. The Bertz CT molecular complexity index is 438. The van der Waals surface area contributed by atoms with Crippen molar-refractivity contribution in [2.75, 3.05) is 19.8 Å². The second-order valence-electron chi connectivity index (χ2n) is 4.96. The maximum atomic E-state index is 9.44. The van der Waals surface area contributed by atoms with Crippen molar-refractivity contribution in [3.63, 3.8) is 0 Å². The van der Waals surface area contributed by atoms with Crippen LogP contribution < -0.4 is 10.1 Å². The Morgan fingerprint density at radius 3 is 2.74 bits per heavy atom. The molecule has 0 unspecified atom stereocenters. The lowest BCUT2D eigenvalue weighted by Gasteiger charge is -2.30. The topological polar surface area (TPSA) is 61.7 Å². The number of ether oxygens (including phenoxy) is 1. The number of hydrogen-bond donors (Lipinski definition) is 3. The Morgan fingerprint density at radius 1 is 1.37 bits per heavy atom. The minimum absolute atomic E-state index is 0.0863. The summed E-state index contributed by atoms with van der Waals surface area (Å²) < 4.78 is 6.70. The van der Waals surface area contributed by atoms with Crippen molar-refractivity contribution >= 4 is 15.9 Å². The summed E-state index contributed by atoms with van der Waals surface area (Å²) in [6.45, 7) is 3.06. The molecule has 1 aliphatic heterocycles. The van der Waals surface area contributed by atoms with Crippen LogP contribution >= 0.6 is 15.9 Å². The molecule has 106 valence electrons.